The number of anilines is 1. The molecule has 0 aromatic carbocycles. The number of hydrogen-bond acceptors (Lipinski definition) is 5. The number of carbonyl (C=O) groups is 1. The predicted octanol–water partition coefficient (Wildman–Crippen LogP) is 1.18. The van der Waals surface area contributed by atoms with Crippen LogP contribution in [0, 0.1) is 19.8 Å². The summed E-state index contributed by atoms with van der Waals surface area (Å²) >= 11 is 0. The van der Waals surface area contributed by atoms with Crippen molar-refractivity contribution < 1.29 is 4.79 Å². The molecule has 23 heavy (non-hydrogen) atoms. The fourth-order valence-electron chi connectivity index (χ4n) is 3.58. The molecule has 3 heterocycles. The lowest BCUT2D eigenvalue weighted by Gasteiger charge is -2.34. The summed E-state index contributed by atoms with van der Waals surface area (Å²) in [5.41, 5.74) is 1.01. The Balaban J connectivity index is 1.54. The lowest BCUT2D eigenvalue weighted by molar-refractivity contribution is -0.122. The summed E-state index contributed by atoms with van der Waals surface area (Å²) in [5, 5.41) is 6.38. The van der Waals surface area contributed by atoms with E-state index >= 15 is 0 Å². The summed E-state index contributed by atoms with van der Waals surface area (Å²) in [4.78, 5) is 23.4. The Morgan fingerprint density at radius 3 is 2.96 bits per heavy atom. The molecule has 1 amide bonds. The molecule has 2 aliphatic heterocycles. The first-order valence-electron chi connectivity index (χ1n) is 8.70. The molecule has 3 rings (SSSR count). The fourth-order valence-corrected chi connectivity index (χ4v) is 3.58. The smallest absolute Gasteiger partial charge is 0.237 e. The maximum Gasteiger partial charge on any atom is 0.237 e. The number of rotatable bonds is 4. The Kier molecular flexibility index (Phi) is 5.10. The quantitative estimate of drug-likeness (QED) is 0.872. The van der Waals surface area contributed by atoms with Crippen molar-refractivity contribution in [2.75, 3.05) is 31.1 Å². The molecular formula is C17H27N5O. The molecule has 0 saturated carbocycles. The lowest BCUT2D eigenvalue weighted by Crippen LogP contribution is -2.45. The van der Waals surface area contributed by atoms with E-state index in [9.17, 15) is 4.79 Å². The van der Waals surface area contributed by atoms with E-state index in [4.69, 9.17) is 0 Å². The van der Waals surface area contributed by atoms with E-state index in [-0.39, 0.29) is 11.9 Å². The normalized spacial score (nSPS) is 24.7. The third kappa shape index (κ3) is 4.19. The van der Waals surface area contributed by atoms with Gasteiger partial charge in [0, 0.05) is 31.4 Å². The van der Waals surface area contributed by atoms with Crippen molar-refractivity contribution in [2.45, 2.75) is 45.6 Å². The summed E-state index contributed by atoms with van der Waals surface area (Å²) in [7, 11) is 0. The van der Waals surface area contributed by atoms with Crippen LogP contribution in [0.3, 0.4) is 0 Å². The number of nitrogens with one attached hydrogen (secondary N) is 2. The minimum atomic E-state index is 0.0156. The maximum absolute atomic E-state index is 12.1. The highest BCUT2D eigenvalue weighted by atomic mass is 16.2. The summed E-state index contributed by atoms with van der Waals surface area (Å²) in [6, 6.07) is 2.07. The summed E-state index contributed by atoms with van der Waals surface area (Å²) in [6.07, 6.45) is 4.37. The van der Waals surface area contributed by atoms with Crippen molar-refractivity contribution in [2.24, 2.45) is 5.92 Å². The average Bonchev–Trinajstić information content (AvgIpc) is 3.06. The van der Waals surface area contributed by atoms with Gasteiger partial charge in [-0.05, 0) is 52.0 Å². The molecule has 1 aromatic rings. The van der Waals surface area contributed by atoms with Crippen molar-refractivity contribution in [3.05, 3.63) is 17.6 Å². The third-order valence-corrected chi connectivity index (χ3v) is 4.74. The van der Waals surface area contributed by atoms with Crippen LogP contribution in [0.4, 0.5) is 5.82 Å². The molecule has 2 unspecified atom stereocenters. The SMILES string of the molecule is Cc1cc(N2CCCC(CNC(=O)C3CCCN3)C2)nc(C)n1. The van der Waals surface area contributed by atoms with Crippen LogP contribution < -0.4 is 15.5 Å². The van der Waals surface area contributed by atoms with Crippen LogP contribution in [0.2, 0.25) is 0 Å². The van der Waals surface area contributed by atoms with Crippen LogP contribution >= 0.6 is 0 Å². The number of piperidine rings is 1. The molecule has 6 heteroatoms. The van der Waals surface area contributed by atoms with Gasteiger partial charge in [0.25, 0.3) is 0 Å². The van der Waals surface area contributed by atoms with Gasteiger partial charge in [-0.3, -0.25) is 4.79 Å². The first-order chi connectivity index (χ1) is 11.1. The van der Waals surface area contributed by atoms with Gasteiger partial charge in [-0.15, -0.1) is 0 Å². The third-order valence-electron chi connectivity index (χ3n) is 4.74. The molecule has 0 spiro atoms. The second-order valence-corrected chi connectivity index (χ2v) is 6.76. The molecule has 6 nitrogen and oxygen atoms in total. The minimum absolute atomic E-state index is 0.0156. The molecule has 2 saturated heterocycles. The van der Waals surface area contributed by atoms with E-state index < -0.39 is 0 Å². The Labute approximate surface area is 138 Å². The van der Waals surface area contributed by atoms with E-state index in [1.54, 1.807) is 0 Å². The van der Waals surface area contributed by atoms with Gasteiger partial charge >= 0.3 is 0 Å². The van der Waals surface area contributed by atoms with Crippen molar-refractivity contribution in [3.63, 3.8) is 0 Å². The number of amides is 1. The highest BCUT2D eigenvalue weighted by molar-refractivity contribution is 5.82. The number of hydrogen-bond donors (Lipinski definition) is 2. The van der Waals surface area contributed by atoms with Gasteiger partial charge in [0.05, 0.1) is 6.04 Å². The second-order valence-electron chi connectivity index (χ2n) is 6.76. The number of nitrogens with zero attached hydrogens (tertiary/aromatic N) is 3. The molecule has 2 N–H and O–H groups in total. The van der Waals surface area contributed by atoms with Crippen LogP contribution in [-0.4, -0.2) is 48.1 Å². The van der Waals surface area contributed by atoms with Crippen LogP contribution in [-0.2, 0) is 4.79 Å². The summed E-state index contributed by atoms with van der Waals surface area (Å²) < 4.78 is 0. The van der Waals surface area contributed by atoms with Crippen molar-refractivity contribution in [1.29, 1.82) is 0 Å². The zero-order valence-electron chi connectivity index (χ0n) is 14.1. The maximum atomic E-state index is 12.1. The molecule has 2 fully saturated rings. The van der Waals surface area contributed by atoms with Gasteiger partial charge in [0.15, 0.2) is 0 Å². The Morgan fingerprint density at radius 1 is 1.35 bits per heavy atom. The van der Waals surface area contributed by atoms with Crippen LogP contribution in [0.15, 0.2) is 6.07 Å². The molecule has 2 aliphatic rings. The van der Waals surface area contributed by atoms with Crippen molar-refractivity contribution in [1.82, 2.24) is 20.6 Å². The van der Waals surface area contributed by atoms with Gasteiger partial charge in [-0.25, -0.2) is 9.97 Å². The van der Waals surface area contributed by atoms with Gasteiger partial charge in [0.1, 0.15) is 11.6 Å². The van der Waals surface area contributed by atoms with E-state index in [2.05, 4.69) is 31.6 Å². The Morgan fingerprint density at radius 2 is 2.22 bits per heavy atom. The van der Waals surface area contributed by atoms with Crippen molar-refractivity contribution in [3.8, 4) is 0 Å². The largest absolute Gasteiger partial charge is 0.356 e. The van der Waals surface area contributed by atoms with Crippen LogP contribution in [0.1, 0.15) is 37.2 Å². The average molecular weight is 317 g/mol. The summed E-state index contributed by atoms with van der Waals surface area (Å²) in [6.45, 7) is 7.65. The molecule has 0 bridgehead atoms. The monoisotopic (exact) mass is 317 g/mol. The van der Waals surface area contributed by atoms with Gasteiger partial charge in [-0.2, -0.15) is 0 Å². The first-order valence-corrected chi connectivity index (χ1v) is 8.70. The molecule has 0 radical (unpaired) electrons. The fraction of sp³-hybridized carbons (Fsp3) is 0.706. The number of carbonyl (C=O) groups excluding carboxylic acids is 1. The molecule has 126 valence electrons. The lowest BCUT2D eigenvalue weighted by atomic mass is 9.97. The van der Waals surface area contributed by atoms with Crippen LogP contribution in [0.5, 0.6) is 0 Å². The number of aromatic nitrogens is 2. The molecule has 0 aliphatic carbocycles. The zero-order valence-corrected chi connectivity index (χ0v) is 14.1. The topological polar surface area (TPSA) is 70.2 Å². The Bertz CT molecular complexity index is 536. The second kappa shape index (κ2) is 7.25. The highest BCUT2D eigenvalue weighted by Crippen LogP contribution is 2.22. The van der Waals surface area contributed by atoms with E-state index in [0.29, 0.717) is 5.92 Å². The predicted molar refractivity (Wildman–Crippen MR) is 90.5 cm³/mol. The van der Waals surface area contributed by atoms with Gasteiger partial charge < -0.3 is 15.5 Å². The van der Waals surface area contributed by atoms with Crippen molar-refractivity contribution >= 4 is 11.7 Å². The Hall–Kier alpha value is -1.69. The van der Waals surface area contributed by atoms with E-state index in [0.717, 1.165) is 69.2 Å². The highest BCUT2D eigenvalue weighted by Gasteiger charge is 2.25. The summed E-state index contributed by atoms with van der Waals surface area (Å²) in [5.74, 6) is 2.49. The van der Waals surface area contributed by atoms with E-state index in [1.807, 2.05) is 13.8 Å². The molecule has 2 atom stereocenters. The van der Waals surface area contributed by atoms with Gasteiger partial charge in [-0.1, -0.05) is 0 Å². The first kappa shape index (κ1) is 16.2. The molecule has 1 aromatic heterocycles. The molecular weight excluding hydrogens is 290 g/mol. The van der Waals surface area contributed by atoms with E-state index in [1.165, 1.54) is 0 Å². The zero-order chi connectivity index (χ0) is 16.2. The number of aryl methyl sites for hydroxylation is 2. The van der Waals surface area contributed by atoms with Gasteiger partial charge in [0.2, 0.25) is 5.91 Å². The minimum Gasteiger partial charge on any atom is -0.356 e. The van der Waals surface area contributed by atoms with Crippen LogP contribution in [0.25, 0.3) is 0 Å². The standard InChI is InChI=1S/C17H27N5O/c1-12-9-16(21-13(2)20-12)22-8-4-5-14(11-22)10-19-17(23)15-6-3-7-18-15/h9,14-15,18H,3-8,10-11H2,1-2H3,(H,19,23).